The predicted octanol–water partition coefficient (Wildman–Crippen LogP) is 2.72. The number of sulfonamides is 1. The zero-order chi connectivity index (χ0) is 18.7. The Morgan fingerprint density at radius 1 is 1.12 bits per heavy atom. The Labute approximate surface area is 160 Å². The van der Waals surface area contributed by atoms with Crippen LogP contribution in [0.2, 0.25) is 0 Å². The first-order chi connectivity index (χ1) is 12.4. The fourth-order valence-electron chi connectivity index (χ4n) is 3.13. The monoisotopic (exact) mass is 395 g/mol. The van der Waals surface area contributed by atoms with Gasteiger partial charge >= 0.3 is 0 Å². The van der Waals surface area contributed by atoms with Gasteiger partial charge in [0.05, 0.1) is 4.90 Å². The highest BCUT2D eigenvalue weighted by Crippen LogP contribution is 2.26. The average molecular weight is 396 g/mol. The number of rotatable bonds is 4. The van der Waals surface area contributed by atoms with E-state index in [1.165, 1.54) is 0 Å². The van der Waals surface area contributed by atoms with E-state index in [0.717, 1.165) is 32.1 Å². The Balaban J connectivity index is 1.59. The first-order valence-electron chi connectivity index (χ1n) is 9.08. The summed E-state index contributed by atoms with van der Waals surface area (Å²) in [5.41, 5.74) is 0.648. The average Bonchev–Trinajstić information content (AvgIpc) is 2.54. The third-order valence-corrected chi connectivity index (χ3v) is 7.32. The van der Waals surface area contributed by atoms with Crippen LogP contribution in [0.1, 0.15) is 39.0 Å². The lowest BCUT2D eigenvalue weighted by Crippen LogP contribution is -2.40. The van der Waals surface area contributed by atoms with Gasteiger partial charge in [-0.1, -0.05) is 13.3 Å². The molecular weight excluding hydrogens is 370 g/mol. The molecule has 0 aromatic heterocycles. The van der Waals surface area contributed by atoms with Crippen molar-refractivity contribution >= 4 is 38.9 Å². The van der Waals surface area contributed by atoms with Crippen molar-refractivity contribution in [2.45, 2.75) is 43.9 Å². The van der Waals surface area contributed by atoms with Gasteiger partial charge in [-0.3, -0.25) is 4.79 Å². The van der Waals surface area contributed by atoms with E-state index in [1.807, 2.05) is 0 Å². The number of piperidine rings is 1. The van der Waals surface area contributed by atoms with E-state index in [-0.39, 0.29) is 21.8 Å². The van der Waals surface area contributed by atoms with Crippen LogP contribution in [0.4, 0.5) is 5.69 Å². The van der Waals surface area contributed by atoms with E-state index < -0.39 is 10.0 Å². The van der Waals surface area contributed by atoms with Crippen molar-refractivity contribution in [1.82, 2.24) is 9.62 Å². The summed E-state index contributed by atoms with van der Waals surface area (Å²) in [6.07, 6.45) is 4.71. The topological polar surface area (TPSA) is 78.5 Å². The van der Waals surface area contributed by atoms with E-state index in [4.69, 9.17) is 12.2 Å². The van der Waals surface area contributed by atoms with Crippen LogP contribution in [-0.2, 0) is 14.8 Å². The highest BCUT2D eigenvalue weighted by molar-refractivity contribution is 7.89. The lowest BCUT2D eigenvalue weighted by molar-refractivity contribution is -0.125. The fourth-order valence-corrected chi connectivity index (χ4v) is 4.82. The molecule has 2 N–H and O–H groups in total. The lowest BCUT2D eigenvalue weighted by atomic mass is 9.85. The first-order valence-corrected chi connectivity index (χ1v) is 10.9. The highest BCUT2D eigenvalue weighted by Gasteiger charge is 2.28. The number of benzene rings is 1. The van der Waals surface area contributed by atoms with Crippen LogP contribution in [0.15, 0.2) is 29.2 Å². The summed E-state index contributed by atoms with van der Waals surface area (Å²) in [5, 5.41) is 5.86. The van der Waals surface area contributed by atoms with Crippen molar-refractivity contribution in [2.75, 3.05) is 18.4 Å². The van der Waals surface area contributed by atoms with Crippen LogP contribution in [0.25, 0.3) is 0 Å². The number of amides is 1. The molecule has 2 aliphatic rings. The molecule has 1 heterocycles. The van der Waals surface area contributed by atoms with Gasteiger partial charge in [0.1, 0.15) is 0 Å². The Kier molecular flexibility index (Phi) is 5.94. The van der Waals surface area contributed by atoms with Gasteiger partial charge < -0.3 is 10.6 Å². The zero-order valence-electron chi connectivity index (χ0n) is 14.9. The molecule has 6 nitrogen and oxygen atoms in total. The van der Waals surface area contributed by atoms with Crippen LogP contribution in [0.3, 0.4) is 0 Å². The Morgan fingerprint density at radius 3 is 2.27 bits per heavy atom. The molecule has 8 heteroatoms. The Bertz CT molecular complexity index is 765. The van der Waals surface area contributed by atoms with E-state index in [9.17, 15) is 13.2 Å². The third kappa shape index (κ3) is 4.42. The van der Waals surface area contributed by atoms with E-state index in [1.54, 1.807) is 28.6 Å². The molecule has 1 aromatic rings. The SMILES string of the molecule is CC1CCN(S(=O)(=O)c2ccc(NC(=S)NC(=O)C3CCC3)cc2)CC1. The highest BCUT2D eigenvalue weighted by atomic mass is 32.2. The molecule has 0 unspecified atom stereocenters. The van der Waals surface area contributed by atoms with Crippen LogP contribution >= 0.6 is 12.2 Å². The largest absolute Gasteiger partial charge is 0.332 e. The molecule has 3 rings (SSSR count). The summed E-state index contributed by atoms with van der Waals surface area (Å²) >= 11 is 5.15. The summed E-state index contributed by atoms with van der Waals surface area (Å²) in [5.74, 6) is 0.589. The number of carbonyl (C=O) groups excluding carboxylic acids is 1. The van der Waals surface area contributed by atoms with Crippen LogP contribution in [0, 0.1) is 11.8 Å². The molecule has 2 fully saturated rings. The normalized spacial score (nSPS) is 19.6. The molecule has 1 saturated carbocycles. The maximum absolute atomic E-state index is 12.7. The smallest absolute Gasteiger partial charge is 0.243 e. The number of thiocarbonyl (C=S) groups is 1. The molecule has 1 amide bonds. The molecule has 26 heavy (non-hydrogen) atoms. The molecule has 1 aliphatic carbocycles. The summed E-state index contributed by atoms with van der Waals surface area (Å²) < 4.78 is 27.0. The van der Waals surface area contributed by atoms with Gasteiger partial charge in [0, 0.05) is 24.7 Å². The summed E-state index contributed by atoms with van der Waals surface area (Å²) in [6, 6.07) is 6.49. The van der Waals surface area contributed by atoms with Crippen LogP contribution < -0.4 is 10.6 Å². The molecule has 0 atom stereocenters. The summed E-state index contributed by atoms with van der Waals surface area (Å²) in [7, 11) is -3.45. The standard InChI is InChI=1S/C18H25N3O3S2/c1-13-9-11-21(12-10-13)26(23,24)16-7-5-15(6-8-16)19-18(25)20-17(22)14-3-2-4-14/h5-8,13-14H,2-4,9-12H2,1H3,(H2,19,20,22,25). The van der Waals surface area contributed by atoms with Gasteiger partial charge in [-0.25, -0.2) is 8.42 Å². The number of anilines is 1. The molecule has 1 saturated heterocycles. The van der Waals surface area contributed by atoms with Gasteiger partial charge in [0.25, 0.3) is 0 Å². The van der Waals surface area contributed by atoms with Gasteiger partial charge in [-0.2, -0.15) is 4.31 Å². The second-order valence-electron chi connectivity index (χ2n) is 7.18. The van der Waals surface area contributed by atoms with Crippen molar-refractivity contribution in [3.63, 3.8) is 0 Å². The summed E-state index contributed by atoms with van der Waals surface area (Å²) in [6.45, 7) is 3.29. The van der Waals surface area contributed by atoms with Crippen molar-refractivity contribution in [2.24, 2.45) is 11.8 Å². The maximum Gasteiger partial charge on any atom is 0.243 e. The van der Waals surface area contributed by atoms with E-state index >= 15 is 0 Å². The minimum absolute atomic E-state index is 0.0488. The molecule has 142 valence electrons. The molecule has 0 spiro atoms. The molecule has 1 aliphatic heterocycles. The zero-order valence-corrected chi connectivity index (χ0v) is 16.5. The number of nitrogens with zero attached hydrogens (tertiary/aromatic N) is 1. The van der Waals surface area contributed by atoms with Gasteiger partial charge in [-0.15, -0.1) is 0 Å². The van der Waals surface area contributed by atoms with Crippen LogP contribution in [0.5, 0.6) is 0 Å². The minimum atomic E-state index is -3.45. The Hall–Kier alpha value is -1.51. The minimum Gasteiger partial charge on any atom is -0.332 e. The van der Waals surface area contributed by atoms with Crippen molar-refractivity contribution in [1.29, 1.82) is 0 Å². The molecule has 0 bridgehead atoms. The van der Waals surface area contributed by atoms with Gasteiger partial charge in [-0.05, 0) is 68.1 Å². The number of carbonyl (C=O) groups is 1. The molecular formula is C18H25N3O3S2. The number of hydrogen-bond acceptors (Lipinski definition) is 4. The second kappa shape index (κ2) is 8.02. The predicted molar refractivity (Wildman–Crippen MR) is 105 cm³/mol. The quantitative estimate of drug-likeness (QED) is 0.767. The first kappa shape index (κ1) is 19.3. The number of nitrogens with one attached hydrogen (secondary N) is 2. The van der Waals surface area contributed by atoms with Crippen molar-refractivity contribution in [3.05, 3.63) is 24.3 Å². The van der Waals surface area contributed by atoms with Gasteiger partial charge in [0.15, 0.2) is 5.11 Å². The third-order valence-electron chi connectivity index (χ3n) is 5.21. The molecule has 0 radical (unpaired) electrons. The second-order valence-corrected chi connectivity index (χ2v) is 9.53. The van der Waals surface area contributed by atoms with E-state index in [0.29, 0.717) is 24.7 Å². The van der Waals surface area contributed by atoms with Gasteiger partial charge in [0.2, 0.25) is 15.9 Å². The van der Waals surface area contributed by atoms with Crippen molar-refractivity contribution < 1.29 is 13.2 Å². The van der Waals surface area contributed by atoms with E-state index in [2.05, 4.69) is 17.6 Å². The lowest BCUT2D eigenvalue weighted by Gasteiger charge is -2.29. The van der Waals surface area contributed by atoms with Crippen molar-refractivity contribution in [3.8, 4) is 0 Å². The summed E-state index contributed by atoms with van der Waals surface area (Å²) in [4.78, 5) is 12.2. The fraction of sp³-hybridized carbons (Fsp3) is 0.556. The van der Waals surface area contributed by atoms with Crippen LogP contribution in [-0.4, -0.2) is 36.8 Å². The molecule has 1 aromatic carbocycles. The number of hydrogen-bond donors (Lipinski definition) is 2. The maximum atomic E-state index is 12.7. The Morgan fingerprint density at radius 2 is 1.73 bits per heavy atom.